The van der Waals surface area contributed by atoms with Gasteiger partial charge in [-0.25, -0.2) is 0 Å². The van der Waals surface area contributed by atoms with E-state index in [-0.39, 0.29) is 6.04 Å². The summed E-state index contributed by atoms with van der Waals surface area (Å²) in [6.45, 7) is 0. The molecule has 2 aromatic heterocycles. The summed E-state index contributed by atoms with van der Waals surface area (Å²) in [7, 11) is 0. The first-order valence-corrected chi connectivity index (χ1v) is 6.05. The van der Waals surface area contributed by atoms with Crippen LogP contribution in [0.5, 0.6) is 0 Å². The van der Waals surface area contributed by atoms with Gasteiger partial charge in [0, 0.05) is 14.7 Å². The van der Waals surface area contributed by atoms with Crippen LogP contribution < -0.4 is 5.73 Å². The average molecular weight is 276 g/mol. The van der Waals surface area contributed by atoms with Gasteiger partial charge in [-0.2, -0.15) is 0 Å². The highest BCUT2D eigenvalue weighted by molar-refractivity contribution is 9.10. The maximum absolute atomic E-state index is 5.99. The SMILES string of the molecule is NC(c1csnn1)c1sccc1Br. The number of nitrogens with zero attached hydrogens (tertiary/aromatic N) is 2. The fourth-order valence-electron chi connectivity index (χ4n) is 0.969. The number of rotatable bonds is 2. The van der Waals surface area contributed by atoms with E-state index < -0.39 is 0 Å². The monoisotopic (exact) mass is 275 g/mol. The van der Waals surface area contributed by atoms with Gasteiger partial charge in [-0.1, -0.05) is 4.49 Å². The van der Waals surface area contributed by atoms with Crippen molar-refractivity contribution < 1.29 is 0 Å². The zero-order valence-electron chi connectivity index (χ0n) is 6.48. The molecule has 0 aliphatic rings. The third-order valence-electron chi connectivity index (χ3n) is 1.62. The summed E-state index contributed by atoms with van der Waals surface area (Å²) in [5.74, 6) is 0. The molecular formula is C7H6BrN3S2. The largest absolute Gasteiger partial charge is 0.318 e. The maximum atomic E-state index is 5.99. The molecule has 0 saturated heterocycles. The van der Waals surface area contributed by atoms with Crippen LogP contribution in [0.4, 0.5) is 0 Å². The van der Waals surface area contributed by atoms with E-state index in [2.05, 4.69) is 25.5 Å². The second-order valence-electron chi connectivity index (χ2n) is 2.44. The van der Waals surface area contributed by atoms with Crippen molar-refractivity contribution in [1.29, 1.82) is 0 Å². The zero-order valence-corrected chi connectivity index (χ0v) is 9.69. The zero-order chi connectivity index (χ0) is 9.26. The van der Waals surface area contributed by atoms with Crippen molar-refractivity contribution in [3.05, 3.63) is 31.9 Å². The first kappa shape index (κ1) is 9.26. The Morgan fingerprint density at radius 2 is 2.38 bits per heavy atom. The Balaban J connectivity index is 2.33. The van der Waals surface area contributed by atoms with E-state index in [0.29, 0.717) is 0 Å². The lowest BCUT2D eigenvalue weighted by Gasteiger charge is -2.05. The Kier molecular flexibility index (Phi) is 2.73. The van der Waals surface area contributed by atoms with E-state index in [1.807, 2.05) is 16.8 Å². The third-order valence-corrected chi connectivity index (χ3v) is 4.10. The van der Waals surface area contributed by atoms with Gasteiger partial charge in [0.2, 0.25) is 0 Å². The van der Waals surface area contributed by atoms with Gasteiger partial charge in [-0.05, 0) is 38.9 Å². The van der Waals surface area contributed by atoms with Gasteiger partial charge >= 0.3 is 0 Å². The van der Waals surface area contributed by atoms with Crippen LogP contribution in [0.15, 0.2) is 21.3 Å². The predicted octanol–water partition coefficient (Wildman–Crippen LogP) is 2.41. The van der Waals surface area contributed by atoms with Gasteiger partial charge in [-0.15, -0.1) is 16.4 Å². The second kappa shape index (κ2) is 3.83. The van der Waals surface area contributed by atoms with Crippen molar-refractivity contribution in [3.63, 3.8) is 0 Å². The van der Waals surface area contributed by atoms with E-state index in [4.69, 9.17) is 5.73 Å². The topological polar surface area (TPSA) is 51.8 Å². The Morgan fingerprint density at radius 1 is 1.54 bits per heavy atom. The van der Waals surface area contributed by atoms with Crippen LogP contribution >= 0.6 is 38.8 Å². The smallest absolute Gasteiger partial charge is 0.0976 e. The second-order valence-corrected chi connectivity index (χ2v) is 4.85. The summed E-state index contributed by atoms with van der Waals surface area (Å²) in [6, 6.07) is 1.83. The normalized spacial score (nSPS) is 13.1. The van der Waals surface area contributed by atoms with E-state index in [1.54, 1.807) is 11.3 Å². The molecule has 13 heavy (non-hydrogen) atoms. The number of halogens is 1. The molecule has 1 unspecified atom stereocenters. The van der Waals surface area contributed by atoms with Gasteiger partial charge in [0.05, 0.1) is 11.7 Å². The average Bonchev–Trinajstić information content (AvgIpc) is 2.72. The molecule has 68 valence electrons. The van der Waals surface area contributed by atoms with Crippen molar-refractivity contribution in [2.75, 3.05) is 0 Å². The van der Waals surface area contributed by atoms with Crippen molar-refractivity contribution in [2.45, 2.75) is 6.04 Å². The highest BCUT2D eigenvalue weighted by atomic mass is 79.9. The molecule has 2 heterocycles. The molecule has 0 bridgehead atoms. The standard InChI is InChI=1S/C7H6BrN3S2/c8-4-1-2-12-7(4)6(9)5-3-13-11-10-5/h1-3,6H,9H2. The molecule has 0 aliphatic carbocycles. The molecule has 0 fully saturated rings. The molecule has 0 saturated carbocycles. The fraction of sp³-hybridized carbons (Fsp3) is 0.143. The molecule has 0 spiro atoms. The Morgan fingerprint density at radius 3 is 2.92 bits per heavy atom. The minimum Gasteiger partial charge on any atom is -0.318 e. The van der Waals surface area contributed by atoms with Gasteiger partial charge in [-0.3, -0.25) is 0 Å². The summed E-state index contributed by atoms with van der Waals surface area (Å²) < 4.78 is 4.82. The van der Waals surface area contributed by atoms with Crippen molar-refractivity contribution in [2.24, 2.45) is 5.73 Å². The van der Waals surface area contributed by atoms with Gasteiger partial charge < -0.3 is 5.73 Å². The minimum absolute atomic E-state index is 0.159. The predicted molar refractivity (Wildman–Crippen MR) is 58.0 cm³/mol. The highest BCUT2D eigenvalue weighted by Gasteiger charge is 2.15. The van der Waals surface area contributed by atoms with E-state index in [1.165, 1.54) is 11.5 Å². The van der Waals surface area contributed by atoms with Gasteiger partial charge in [0.15, 0.2) is 0 Å². The van der Waals surface area contributed by atoms with Crippen LogP contribution in [0.25, 0.3) is 0 Å². The van der Waals surface area contributed by atoms with Crippen LogP contribution in [-0.4, -0.2) is 9.59 Å². The van der Waals surface area contributed by atoms with E-state index in [9.17, 15) is 0 Å². The first-order valence-electron chi connectivity index (χ1n) is 3.54. The first-order chi connectivity index (χ1) is 6.29. The third kappa shape index (κ3) is 1.80. The summed E-state index contributed by atoms with van der Waals surface area (Å²) in [4.78, 5) is 1.09. The number of nitrogens with two attached hydrogens (primary N) is 1. The van der Waals surface area contributed by atoms with E-state index >= 15 is 0 Å². The summed E-state index contributed by atoms with van der Waals surface area (Å²) in [6.07, 6.45) is 0. The fourth-order valence-corrected chi connectivity index (χ4v) is 3.09. The molecule has 3 nitrogen and oxygen atoms in total. The number of thiophene rings is 1. The van der Waals surface area contributed by atoms with Gasteiger partial charge in [0.1, 0.15) is 0 Å². The number of aromatic nitrogens is 2. The summed E-state index contributed by atoms with van der Waals surface area (Å²) in [5.41, 5.74) is 6.82. The van der Waals surface area contributed by atoms with Crippen LogP contribution in [-0.2, 0) is 0 Å². The van der Waals surface area contributed by atoms with Crippen molar-refractivity contribution >= 4 is 38.8 Å². The summed E-state index contributed by atoms with van der Waals surface area (Å²) in [5, 5.41) is 7.81. The number of hydrogen-bond donors (Lipinski definition) is 1. The Hall–Kier alpha value is -0.300. The number of hydrogen-bond acceptors (Lipinski definition) is 5. The van der Waals surface area contributed by atoms with Crippen LogP contribution in [0.1, 0.15) is 16.6 Å². The maximum Gasteiger partial charge on any atom is 0.0976 e. The van der Waals surface area contributed by atoms with E-state index in [0.717, 1.165) is 15.0 Å². The molecule has 0 aliphatic heterocycles. The molecule has 6 heteroatoms. The Labute approximate surface area is 91.9 Å². The molecule has 2 aromatic rings. The highest BCUT2D eigenvalue weighted by Crippen LogP contribution is 2.30. The van der Waals surface area contributed by atoms with Crippen LogP contribution in [0, 0.1) is 0 Å². The van der Waals surface area contributed by atoms with Crippen LogP contribution in [0.3, 0.4) is 0 Å². The Bertz CT molecular complexity index is 384. The molecule has 0 amide bonds. The lowest BCUT2D eigenvalue weighted by atomic mass is 10.2. The molecule has 0 radical (unpaired) electrons. The molecule has 0 aromatic carbocycles. The lowest BCUT2D eigenvalue weighted by Crippen LogP contribution is -2.11. The van der Waals surface area contributed by atoms with Crippen molar-refractivity contribution in [1.82, 2.24) is 9.59 Å². The molecule has 1 atom stereocenters. The molecular weight excluding hydrogens is 270 g/mol. The van der Waals surface area contributed by atoms with Crippen LogP contribution in [0.2, 0.25) is 0 Å². The minimum atomic E-state index is -0.159. The summed E-state index contributed by atoms with van der Waals surface area (Å²) >= 11 is 6.38. The van der Waals surface area contributed by atoms with Gasteiger partial charge in [0.25, 0.3) is 0 Å². The van der Waals surface area contributed by atoms with Crippen molar-refractivity contribution in [3.8, 4) is 0 Å². The molecule has 2 rings (SSSR count). The lowest BCUT2D eigenvalue weighted by molar-refractivity contribution is 0.831. The molecule has 2 N–H and O–H groups in total. The quantitative estimate of drug-likeness (QED) is 0.916.